The van der Waals surface area contributed by atoms with E-state index < -0.39 is 0 Å². The van der Waals surface area contributed by atoms with Crippen molar-refractivity contribution in [2.24, 2.45) is 4.99 Å². The summed E-state index contributed by atoms with van der Waals surface area (Å²) in [5.41, 5.74) is 2.54. The Balaban J connectivity index is 1.49. The first-order chi connectivity index (χ1) is 14.2. The number of carbonyl (C=O) groups excluding carboxylic acids is 1. The van der Waals surface area contributed by atoms with Gasteiger partial charge >= 0.3 is 0 Å². The first-order valence-corrected chi connectivity index (χ1v) is 9.81. The number of hydrogen-bond donors (Lipinski definition) is 3. The van der Waals surface area contributed by atoms with Crippen molar-refractivity contribution in [1.29, 1.82) is 0 Å². The van der Waals surface area contributed by atoms with Gasteiger partial charge in [-0.05, 0) is 36.2 Å². The van der Waals surface area contributed by atoms with Crippen LogP contribution >= 0.6 is 0 Å². The monoisotopic (exact) mass is 393 g/mol. The molecule has 0 aliphatic rings. The number of carbonyl (C=O) groups is 1. The summed E-state index contributed by atoms with van der Waals surface area (Å²) in [6.45, 7) is 3.91. The smallest absolute Gasteiger partial charge is 0.251 e. The minimum absolute atomic E-state index is 0.0315. The first-order valence-electron chi connectivity index (χ1n) is 9.81. The number of aliphatic imine (C=N–C) groups is 1. The third kappa shape index (κ3) is 5.54. The van der Waals surface area contributed by atoms with E-state index in [1.54, 1.807) is 7.05 Å². The third-order valence-electron chi connectivity index (χ3n) is 4.51. The predicted octanol–water partition coefficient (Wildman–Crippen LogP) is 2.12. The molecule has 3 aromatic rings. The Morgan fingerprint density at radius 2 is 1.83 bits per heavy atom. The van der Waals surface area contributed by atoms with Crippen molar-refractivity contribution < 1.29 is 4.79 Å². The second-order valence-corrected chi connectivity index (χ2v) is 6.63. The van der Waals surface area contributed by atoms with Gasteiger partial charge in [0.05, 0.1) is 6.54 Å². The second-order valence-electron chi connectivity index (χ2n) is 6.63. The number of nitrogens with zero attached hydrogens (tertiary/aromatic N) is 4. The van der Waals surface area contributed by atoms with Crippen molar-refractivity contribution >= 4 is 17.5 Å². The maximum Gasteiger partial charge on any atom is 0.251 e. The van der Waals surface area contributed by atoms with Gasteiger partial charge in [0.1, 0.15) is 0 Å². The summed E-state index contributed by atoms with van der Waals surface area (Å²) in [5.74, 6) is 1.44. The van der Waals surface area contributed by atoms with E-state index in [2.05, 4.69) is 38.1 Å². The zero-order valence-corrected chi connectivity index (χ0v) is 16.9. The number of unbranched alkanes of at least 4 members (excludes halogenated alkanes) is 1. The number of benzene rings is 1. The summed E-state index contributed by atoms with van der Waals surface area (Å²) >= 11 is 0. The van der Waals surface area contributed by atoms with Gasteiger partial charge in [0.25, 0.3) is 5.91 Å². The van der Waals surface area contributed by atoms with Crippen LogP contribution in [0, 0.1) is 0 Å². The molecule has 0 fully saturated rings. The van der Waals surface area contributed by atoms with E-state index in [1.165, 1.54) is 0 Å². The zero-order valence-electron chi connectivity index (χ0n) is 16.9. The summed E-state index contributed by atoms with van der Waals surface area (Å²) in [5, 5.41) is 17.8. The summed E-state index contributed by atoms with van der Waals surface area (Å²) in [6, 6.07) is 13.4. The number of hydrogen-bond acceptors (Lipinski definition) is 4. The molecule has 1 amide bonds. The van der Waals surface area contributed by atoms with Crippen LogP contribution in [0.4, 0.5) is 0 Å². The Kier molecular flexibility index (Phi) is 7.16. The number of nitrogens with one attached hydrogen (secondary N) is 3. The average molecular weight is 393 g/mol. The molecule has 8 nitrogen and oxygen atoms in total. The van der Waals surface area contributed by atoms with Gasteiger partial charge in [-0.2, -0.15) is 0 Å². The molecule has 0 saturated carbocycles. The van der Waals surface area contributed by atoms with Crippen LogP contribution in [0.15, 0.2) is 53.7 Å². The van der Waals surface area contributed by atoms with Crippen molar-refractivity contribution in [2.45, 2.75) is 32.9 Å². The fourth-order valence-corrected chi connectivity index (χ4v) is 2.84. The number of rotatable bonds is 8. The molecule has 29 heavy (non-hydrogen) atoms. The summed E-state index contributed by atoms with van der Waals surface area (Å²) in [7, 11) is 1.72. The molecule has 0 bridgehead atoms. The molecule has 152 valence electrons. The average Bonchev–Trinajstić information content (AvgIpc) is 3.17. The molecule has 1 aromatic carbocycles. The lowest BCUT2D eigenvalue weighted by atomic mass is 10.1. The Morgan fingerprint density at radius 1 is 1.03 bits per heavy atom. The Morgan fingerprint density at radius 3 is 2.59 bits per heavy atom. The molecule has 3 rings (SSSR count). The molecular weight excluding hydrogens is 366 g/mol. The van der Waals surface area contributed by atoms with E-state index in [0.717, 1.165) is 29.9 Å². The van der Waals surface area contributed by atoms with E-state index in [-0.39, 0.29) is 5.91 Å². The van der Waals surface area contributed by atoms with Crippen molar-refractivity contribution in [3.05, 3.63) is 65.6 Å². The van der Waals surface area contributed by atoms with Crippen LogP contribution in [-0.4, -0.2) is 40.1 Å². The lowest BCUT2D eigenvalue weighted by Crippen LogP contribution is -2.36. The minimum atomic E-state index is -0.0315. The van der Waals surface area contributed by atoms with E-state index in [1.807, 2.05) is 53.1 Å². The van der Waals surface area contributed by atoms with Crippen LogP contribution in [-0.2, 0) is 13.1 Å². The van der Waals surface area contributed by atoms with Gasteiger partial charge in [-0.3, -0.25) is 14.2 Å². The highest BCUT2D eigenvalue weighted by Crippen LogP contribution is 2.05. The van der Waals surface area contributed by atoms with Crippen LogP contribution in [0.2, 0.25) is 0 Å². The van der Waals surface area contributed by atoms with E-state index in [4.69, 9.17) is 0 Å². The standard InChI is InChI=1S/C21H27N7O/c1-3-4-12-23-20(29)17-10-8-16(9-11-17)14-24-21(22-2)25-15-19-27-26-18-7-5-6-13-28(18)19/h5-11,13H,3-4,12,14-15H2,1-2H3,(H,23,29)(H2,22,24,25). The maximum absolute atomic E-state index is 12.1. The fraction of sp³-hybridized carbons (Fsp3) is 0.333. The van der Waals surface area contributed by atoms with Gasteiger partial charge in [-0.25, -0.2) is 0 Å². The third-order valence-corrected chi connectivity index (χ3v) is 4.51. The minimum Gasteiger partial charge on any atom is -0.352 e. The van der Waals surface area contributed by atoms with E-state index in [0.29, 0.717) is 31.2 Å². The van der Waals surface area contributed by atoms with Gasteiger partial charge in [0.2, 0.25) is 0 Å². The molecule has 2 heterocycles. The lowest BCUT2D eigenvalue weighted by Gasteiger charge is -2.12. The number of guanidine groups is 1. The molecule has 3 N–H and O–H groups in total. The van der Waals surface area contributed by atoms with Crippen LogP contribution in [0.5, 0.6) is 0 Å². The fourth-order valence-electron chi connectivity index (χ4n) is 2.84. The van der Waals surface area contributed by atoms with Crippen molar-refractivity contribution in [1.82, 2.24) is 30.5 Å². The van der Waals surface area contributed by atoms with Gasteiger partial charge in [0, 0.05) is 31.9 Å². The van der Waals surface area contributed by atoms with Gasteiger partial charge in [0.15, 0.2) is 17.4 Å². The molecule has 0 aliphatic heterocycles. The maximum atomic E-state index is 12.1. The molecule has 0 saturated heterocycles. The van der Waals surface area contributed by atoms with Gasteiger partial charge in [-0.15, -0.1) is 10.2 Å². The highest BCUT2D eigenvalue weighted by atomic mass is 16.1. The van der Waals surface area contributed by atoms with E-state index in [9.17, 15) is 4.79 Å². The quantitative estimate of drug-likeness (QED) is 0.310. The number of amides is 1. The van der Waals surface area contributed by atoms with Crippen molar-refractivity contribution in [2.75, 3.05) is 13.6 Å². The normalized spacial score (nSPS) is 11.4. The Bertz CT molecular complexity index is 963. The van der Waals surface area contributed by atoms with Gasteiger partial charge < -0.3 is 16.0 Å². The highest BCUT2D eigenvalue weighted by Gasteiger charge is 2.07. The predicted molar refractivity (Wildman–Crippen MR) is 114 cm³/mol. The Hall–Kier alpha value is -3.42. The highest BCUT2D eigenvalue weighted by molar-refractivity contribution is 5.94. The molecule has 0 aliphatic carbocycles. The Labute approximate surface area is 170 Å². The topological polar surface area (TPSA) is 95.7 Å². The zero-order chi connectivity index (χ0) is 20.5. The number of pyridine rings is 1. The van der Waals surface area contributed by atoms with Crippen molar-refractivity contribution in [3.63, 3.8) is 0 Å². The first kappa shape index (κ1) is 20.3. The molecule has 0 unspecified atom stereocenters. The number of aromatic nitrogens is 3. The SMILES string of the molecule is CCCCNC(=O)c1ccc(CNC(=NC)NCc2nnc3ccccn23)cc1. The molecule has 2 aromatic heterocycles. The second kappa shape index (κ2) is 10.2. The molecule has 0 atom stereocenters. The van der Waals surface area contributed by atoms with Gasteiger partial charge in [-0.1, -0.05) is 31.5 Å². The molecule has 0 spiro atoms. The molecule has 0 radical (unpaired) electrons. The summed E-state index contributed by atoms with van der Waals surface area (Å²) < 4.78 is 1.94. The lowest BCUT2D eigenvalue weighted by molar-refractivity contribution is 0.0953. The number of fused-ring (bicyclic) bond motifs is 1. The van der Waals surface area contributed by atoms with Crippen LogP contribution < -0.4 is 16.0 Å². The van der Waals surface area contributed by atoms with E-state index >= 15 is 0 Å². The largest absolute Gasteiger partial charge is 0.352 e. The van der Waals surface area contributed by atoms with Crippen LogP contribution in [0.3, 0.4) is 0 Å². The van der Waals surface area contributed by atoms with Crippen LogP contribution in [0.25, 0.3) is 5.65 Å². The summed E-state index contributed by atoms with van der Waals surface area (Å²) in [4.78, 5) is 16.3. The van der Waals surface area contributed by atoms with Crippen molar-refractivity contribution in [3.8, 4) is 0 Å². The van der Waals surface area contributed by atoms with Crippen LogP contribution in [0.1, 0.15) is 41.5 Å². The summed E-state index contributed by atoms with van der Waals surface area (Å²) in [6.07, 6.45) is 3.99. The molecular formula is C21H27N7O. The molecule has 8 heteroatoms.